The van der Waals surface area contributed by atoms with Crippen LogP contribution in [0.3, 0.4) is 0 Å². The normalized spacial score (nSPS) is 10.8. The third kappa shape index (κ3) is 4.58. The maximum absolute atomic E-state index is 6.05. The topological polar surface area (TPSA) is 61.3 Å². The van der Waals surface area contributed by atoms with Crippen LogP contribution in [0.15, 0.2) is 103 Å². The molecule has 3 heteroatoms. The summed E-state index contributed by atoms with van der Waals surface area (Å²) in [5.74, 6) is 0.915. The van der Waals surface area contributed by atoms with E-state index in [1.54, 1.807) is 0 Å². The fraction of sp³-hybridized carbons (Fsp3) is 0.0769. The number of rotatable bonds is 6. The van der Waals surface area contributed by atoms with Crippen molar-refractivity contribution in [3.63, 3.8) is 0 Å². The molecule has 144 valence electrons. The van der Waals surface area contributed by atoms with Gasteiger partial charge in [0.05, 0.1) is 0 Å². The second kappa shape index (κ2) is 8.53. The van der Waals surface area contributed by atoms with E-state index in [1.807, 2.05) is 54.6 Å². The molecule has 3 nitrogen and oxygen atoms in total. The van der Waals surface area contributed by atoms with Gasteiger partial charge in [-0.2, -0.15) is 0 Å². The number of hydrogen-bond acceptors (Lipinski definition) is 3. The maximum atomic E-state index is 6.05. The van der Waals surface area contributed by atoms with E-state index >= 15 is 0 Å². The summed E-state index contributed by atoms with van der Waals surface area (Å²) in [6, 6.07) is 34.5. The van der Waals surface area contributed by atoms with E-state index < -0.39 is 0 Å². The smallest absolute Gasteiger partial charge is 0.120 e. The van der Waals surface area contributed by atoms with E-state index in [-0.39, 0.29) is 5.92 Å². The van der Waals surface area contributed by atoms with Crippen molar-refractivity contribution in [2.45, 2.75) is 12.5 Å². The largest absolute Gasteiger partial charge is 0.489 e. The Bertz CT molecular complexity index is 1010. The van der Waals surface area contributed by atoms with Gasteiger partial charge in [-0.3, -0.25) is 0 Å². The van der Waals surface area contributed by atoms with E-state index in [2.05, 4.69) is 48.5 Å². The van der Waals surface area contributed by atoms with Gasteiger partial charge in [-0.05, 0) is 58.7 Å². The van der Waals surface area contributed by atoms with Gasteiger partial charge in [-0.25, -0.2) is 0 Å². The quantitative estimate of drug-likeness (QED) is 0.338. The zero-order valence-electron chi connectivity index (χ0n) is 16.2. The highest BCUT2D eigenvalue weighted by Crippen LogP contribution is 2.34. The molecule has 0 aromatic heterocycles. The lowest BCUT2D eigenvalue weighted by atomic mass is 9.85. The Kier molecular flexibility index (Phi) is 5.48. The summed E-state index contributed by atoms with van der Waals surface area (Å²) in [5.41, 5.74) is 18.0. The Balaban J connectivity index is 1.67. The first-order valence-corrected chi connectivity index (χ1v) is 9.66. The van der Waals surface area contributed by atoms with Gasteiger partial charge in [0.2, 0.25) is 0 Å². The van der Waals surface area contributed by atoms with Crippen LogP contribution in [0.2, 0.25) is 0 Å². The number of benzene rings is 4. The van der Waals surface area contributed by atoms with Gasteiger partial charge < -0.3 is 16.2 Å². The molecule has 0 unspecified atom stereocenters. The number of nitrogens with two attached hydrogens (primary N) is 2. The second-order valence-corrected chi connectivity index (χ2v) is 7.11. The van der Waals surface area contributed by atoms with Crippen molar-refractivity contribution >= 4 is 11.4 Å². The Hall–Kier alpha value is -3.72. The molecule has 0 heterocycles. The highest BCUT2D eigenvalue weighted by atomic mass is 16.5. The summed E-state index contributed by atoms with van der Waals surface area (Å²) in [5, 5.41) is 0. The average Bonchev–Trinajstić information content (AvgIpc) is 2.76. The molecular weight excluding hydrogens is 356 g/mol. The van der Waals surface area contributed by atoms with Crippen LogP contribution in [0, 0.1) is 0 Å². The predicted octanol–water partition coefficient (Wildman–Crippen LogP) is 5.61. The van der Waals surface area contributed by atoms with E-state index in [0.717, 1.165) is 28.3 Å². The Morgan fingerprint density at radius 1 is 0.586 bits per heavy atom. The van der Waals surface area contributed by atoms with Crippen LogP contribution in [0.4, 0.5) is 11.4 Å². The molecule has 0 aliphatic carbocycles. The number of hydrogen-bond donors (Lipinski definition) is 2. The molecule has 29 heavy (non-hydrogen) atoms. The highest BCUT2D eigenvalue weighted by molar-refractivity contribution is 5.51. The first kappa shape index (κ1) is 18.6. The Morgan fingerprint density at radius 2 is 1.17 bits per heavy atom. The molecule has 0 aliphatic rings. The third-order valence-corrected chi connectivity index (χ3v) is 4.98. The molecule has 0 atom stereocenters. The predicted molar refractivity (Wildman–Crippen MR) is 120 cm³/mol. The van der Waals surface area contributed by atoms with Gasteiger partial charge in [0.15, 0.2) is 0 Å². The molecule has 0 amide bonds. The minimum absolute atomic E-state index is 0.0662. The van der Waals surface area contributed by atoms with Crippen molar-refractivity contribution in [3.05, 3.63) is 125 Å². The zero-order chi connectivity index (χ0) is 20.1. The van der Waals surface area contributed by atoms with Gasteiger partial charge in [-0.1, -0.05) is 66.7 Å². The molecule has 0 aliphatic heterocycles. The lowest BCUT2D eigenvalue weighted by Crippen LogP contribution is -2.05. The monoisotopic (exact) mass is 380 g/mol. The first-order valence-electron chi connectivity index (χ1n) is 9.66. The van der Waals surface area contributed by atoms with Crippen molar-refractivity contribution in [1.29, 1.82) is 0 Å². The molecule has 4 N–H and O–H groups in total. The van der Waals surface area contributed by atoms with Crippen molar-refractivity contribution in [3.8, 4) is 5.75 Å². The van der Waals surface area contributed by atoms with Crippen molar-refractivity contribution in [2.75, 3.05) is 11.5 Å². The highest BCUT2D eigenvalue weighted by Gasteiger charge is 2.17. The van der Waals surface area contributed by atoms with Crippen molar-refractivity contribution < 1.29 is 4.74 Å². The van der Waals surface area contributed by atoms with Gasteiger partial charge in [0, 0.05) is 17.3 Å². The maximum Gasteiger partial charge on any atom is 0.120 e. The molecular formula is C26H24N2O. The third-order valence-electron chi connectivity index (χ3n) is 4.98. The van der Waals surface area contributed by atoms with E-state index in [1.165, 1.54) is 11.1 Å². The molecule has 0 fully saturated rings. The number of anilines is 2. The van der Waals surface area contributed by atoms with Crippen LogP contribution >= 0.6 is 0 Å². The minimum Gasteiger partial charge on any atom is -0.489 e. The van der Waals surface area contributed by atoms with E-state index in [9.17, 15) is 0 Å². The summed E-state index contributed by atoms with van der Waals surface area (Å²) in [6.07, 6.45) is 0. The van der Waals surface area contributed by atoms with Gasteiger partial charge in [-0.15, -0.1) is 0 Å². The van der Waals surface area contributed by atoms with Crippen molar-refractivity contribution in [2.24, 2.45) is 0 Å². The molecule has 4 aromatic carbocycles. The van der Waals surface area contributed by atoms with Crippen LogP contribution in [0.1, 0.15) is 28.2 Å². The lowest BCUT2D eigenvalue weighted by molar-refractivity contribution is 0.306. The molecule has 0 saturated heterocycles. The summed E-state index contributed by atoms with van der Waals surface area (Å²) in [6.45, 7) is 0.540. The van der Waals surface area contributed by atoms with E-state index in [0.29, 0.717) is 6.61 Å². The summed E-state index contributed by atoms with van der Waals surface area (Å²) in [7, 11) is 0. The Morgan fingerprint density at radius 3 is 1.76 bits per heavy atom. The molecule has 0 bridgehead atoms. The summed E-state index contributed by atoms with van der Waals surface area (Å²) < 4.78 is 6.05. The lowest BCUT2D eigenvalue weighted by Gasteiger charge is -2.20. The second-order valence-electron chi connectivity index (χ2n) is 7.11. The van der Waals surface area contributed by atoms with Crippen LogP contribution in [-0.2, 0) is 6.61 Å². The molecule has 0 spiro atoms. The first-order chi connectivity index (χ1) is 14.2. The fourth-order valence-electron chi connectivity index (χ4n) is 3.48. The number of ether oxygens (including phenoxy) is 1. The molecule has 4 aromatic rings. The van der Waals surface area contributed by atoms with Crippen LogP contribution in [0.5, 0.6) is 5.75 Å². The Labute approximate surface area is 171 Å². The van der Waals surface area contributed by atoms with Gasteiger partial charge >= 0.3 is 0 Å². The SMILES string of the molecule is Nc1ccc(C(c2ccc(N)cc2)c2cccc(OCc3ccccc3)c2)cc1. The molecule has 0 saturated carbocycles. The molecule has 4 rings (SSSR count). The van der Waals surface area contributed by atoms with Gasteiger partial charge in [0.25, 0.3) is 0 Å². The number of nitrogen functional groups attached to an aromatic ring is 2. The fourth-order valence-corrected chi connectivity index (χ4v) is 3.48. The zero-order valence-corrected chi connectivity index (χ0v) is 16.2. The minimum atomic E-state index is 0.0662. The van der Waals surface area contributed by atoms with E-state index in [4.69, 9.17) is 16.2 Å². The summed E-state index contributed by atoms with van der Waals surface area (Å²) in [4.78, 5) is 0. The van der Waals surface area contributed by atoms with Crippen molar-refractivity contribution in [1.82, 2.24) is 0 Å². The van der Waals surface area contributed by atoms with Crippen LogP contribution in [0.25, 0.3) is 0 Å². The molecule has 0 radical (unpaired) electrons. The van der Waals surface area contributed by atoms with Crippen LogP contribution in [-0.4, -0.2) is 0 Å². The van der Waals surface area contributed by atoms with Gasteiger partial charge in [0.1, 0.15) is 12.4 Å². The summed E-state index contributed by atoms with van der Waals surface area (Å²) >= 11 is 0. The average molecular weight is 380 g/mol. The van der Waals surface area contributed by atoms with Crippen LogP contribution < -0.4 is 16.2 Å². The standard InChI is InChI=1S/C26H24N2O/c27-23-13-9-20(10-14-23)26(21-11-15-24(28)16-12-21)22-7-4-8-25(17-22)29-18-19-5-2-1-3-6-19/h1-17,26H,18,27-28H2.